The van der Waals surface area contributed by atoms with Gasteiger partial charge in [-0.1, -0.05) is 0 Å². The first-order chi connectivity index (χ1) is 7.16. The van der Waals surface area contributed by atoms with E-state index in [0.717, 1.165) is 6.61 Å². The van der Waals surface area contributed by atoms with Gasteiger partial charge in [0.1, 0.15) is 31.0 Å². The van der Waals surface area contributed by atoms with Crippen LogP contribution in [0, 0.1) is 6.61 Å². The van der Waals surface area contributed by atoms with Gasteiger partial charge in [-0.2, -0.15) is 8.42 Å². The van der Waals surface area contributed by atoms with E-state index in [4.69, 9.17) is 37.9 Å². The molecule has 0 aromatic rings. The molecule has 0 aromatic heterocycles. The molecule has 0 bridgehead atoms. The third-order valence-electron chi connectivity index (χ3n) is 1.65. The van der Waals surface area contributed by atoms with E-state index in [-0.39, 0.29) is 6.61 Å². The lowest BCUT2D eigenvalue weighted by Gasteiger charge is -2.33. The van der Waals surface area contributed by atoms with Crippen LogP contribution >= 0.6 is 0 Å². The summed E-state index contributed by atoms with van der Waals surface area (Å²) in [5.74, 6) is 0. The summed E-state index contributed by atoms with van der Waals surface area (Å²) in [6, 6.07) is 0. The molecule has 1 radical (unpaired) electrons. The Morgan fingerprint density at radius 2 is 1.56 bits per heavy atom. The monoisotopic (exact) mass is 261 g/mol. The van der Waals surface area contributed by atoms with E-state index in [1.54, 1.807) is 0 Å². The molecule has 1 rings (SSSR count). The number of ether oxygens (including phenoxy) is 1. The maximum Gasteiger partial charge on any atom is 0.394 e. The molecule has 1 saturated heterocycles. The van der Waals surface area contributed by atoms with Crippen LogP contribution < -0.4 is 0 Å². The number of aliphatic hydroxyl groups excluding tert-OH is 4. The van der Waals surface area contributed by atoms with Crippen molar-refractivity contribution < 1.29 is 42.7 Å². The Kier molecular flexibility index (Phi) is 6.28. The van der Waals surface area contributed by atoms with Crippen LogP contribution in [0.4, 0.5) is 0 Å². The molecule has 9 nitrogen and oxygen atoms in total. The maximum atomic E-state index is 9.09. The van der Waals surface area contributed by atoms with E-state index in [2.05, 4.69) is 4.74 Å². The molecular weight excluding hydrogens is 248 g/mol. The van der Waals surface area contributed by atoms with Crippen molar-refractivity contribution in [1.29, 1.82) is 0 Å². The second-order valence-electron chi connectivity index (χ2n) is 2.91. The van der Waals surface area contributed by atoms with Crippen molar-refractivity contribution in [3.05, 3.63) is 6.61 Å². The second kappa shape index (κ2) is 6.42. The molecule has 16 heavy (non-hydrogen) atoms. The molecule has 4 atom stereocenters. The third-order valence-corrected chi connectivity index (χ3v) is 1.65. The predicted octanol–water partition coefficient (Wildman–Crippen LogP) is -3.03. The lowest BCUT2D eigenvalue weighted by Crippen LogP contribution is -2.52. The minimum atomic E-state index is -4.67. The van der Waals surface area contributed by atoms with Gasteiger partial charge in [0.2, 0.25) is 0 Å². The quantitative estimate of drug-likeness (QED) is 0.269. The van der Waals surface area contributed by atoms with Gasteiger partial charge in [-0.25, -0.2) is 0 Å². The molecule has 1 fully saturated rings. The average molecular weight is 261 g/mol. The standard InChI is InChI=1S/C6H11O5.H2O4S/c7-1-4-6(10)5(9)3(8)2-11-4;1-5(2,3)4/h2-10H,1H2;(H2,1,2,3,4)/t3-,4+,5+,6+;/m0./s1. The van der Waals surface area contributed by atoms with Gasteiger partial charge in [0.05, 0.1) is 6.61 Å². The lowest BCUT2D eigenvalue weighted by atomic mass is 10.0. The molecule has 1 aliphatic rings. The highest BCUT2D eigenvalue weighted by atomic mass is 32.3. The highest BCUT2D eigenvalue weighted by Crippen LogP contribution is 2.17. The zero-order valence-corrected chi connectivity index (χ0v) is 8.73. The maximum absolute atomic E-state index is 9.09. The Morgan fingerprint density at radius 3 is 1.94 bits per heavy atom. The molecule has 0 aliphatic carbocycles. The van der Waals surface area contributed by atoms with Crippen molar-refractivity contribution in [2.24, 2.45) is 0 Å². The summed E-state index contributed by atoms with van der Waals surface area (Å²) >= 11 is 0. The van der Waals surface area contributed by atoms with Crippen molar-refractivity contribution in [2.45, 2.75) is 24.4 Å². The van der Waals surface area contributed by atoms with Crippen LogP contribution in [0.1, 0.15) is 0 Å². The molecule has 0 unspecified atom stereocenters. The highest BCUT2D eigenvalue weighted by molar-refractivity contribution is 7.79. The molecule has 0 spiro atoms. The minimum Gasteiger partial charge on any atom is -0.394 e. The zero-order chi connectivity index (χ0) is 12.9. The van der Waals surface area contributed by atoms with Gasteiger partial charge < -0.3 is 25.2 Å². The number of hydrogen-bond acceptors (Lipinski definition) is 7. The summed E-state index contributed by atoms with van der Waals surface area (Å²) in [6.07, 6.45) is -4.54. The van der Waals surface area contributed by atoms with Crippen molar-refractivity contribution in [2.75, 3.05) is 6.61 Å². The second-order valence-corrected chi connectivity index (χ2v) is 3.81. The van der Waals surface area contributed by atoms with E-state index in [1.807, 2.05) is 0 Å². The van der Waals surface area contributed by atoms with Gasteiger partial charge in [0.15, 0.2) is 0 Å². The van der Waals surface area contributed by atoms with Gasteiger partial charge in [0, 0.05) is 0 Å². The molecule has 1 aliphatic heterocycles. The van der Waals surface area contributed by atoms with Crippen LogP contribution in [0.25, 0.3) is 0 Å². The Balaban J connectivity index is 0.000000385. The lowest BCUT2D eigenvalue weighted by molar-refractivity contribution is -0.169. The first kappa shape index (κ1) is 15.7. The smallest absolute Gasteiger partial charge is 0.394 e. The summed E-state index contributed by atoms with van der Waals surface area (Å²) < 4.78 is 36.3. The Bertz CT molecular complexity index is 278. The summed E-state index contributed by atoms with van der Waals surface area (Å²) in [7, 11) is -4.67. The molecule has 10 heteroatoms. The normalized spacial score (nSPS) is 35.1. The summed E-state index contributed by atoms with van der Waals surface area (Å²) in [6.45, 7) is 0.611. The van der Waals surface area contributed by atoms with E-state index < -0.39 is 34.8 Å². The van der Waals surface area contributed by atoms with Crippen LogP contribution in [-0.2, 0) is 15.1 Å². The van der Waals surface area contributed by atoms with E-state index in [1.165, 1.54) is 0 Å². The van der Waals surface area contributed by atoms with E-state index >= 15 is 0 Å². The van der Waals surface area contributed by atoms with Crippen LogP contribution in [0.3, 0.4) is 0 Å². The Labute approximate surface area is 91.5 Å². The summed E-state index contributed by atoms with van der Waals surface area (Å²) in [5.41, 5.74) is 0. The van der Waals surface area contributed by atoms with E-state index in [0.29, 0.717) is 0 Å². The van der Waals surface area contributed by atoms with Crippen LogP contribution in [0.15, 0.2) is 0 Å². The largest absolute Gasteiger partial charge is 0.394 e. The van der Waals surface area contributed by atoms with Crippen LogP contribution in [0.2, 0.25) is 0 Å². The fraction of sp³-hybridized carbons (Fsp3) is 0.833. The molecular formula is C6H13O9S. The predicted molar refractivity (Wildman–Crippen MR) is 48.5 cm³/mol. The average Bonchev–Trinajstić information content (AvgIpc) is 2.12. The summed E-state index contributed by atoms with van der Waals surface area (Å²) in [5, 5.41) is 35.6. The van der Waals surface area contributed by atoms with Gasteiger partial charge in [-0.3, -0.25) is 9.11 Å². The van der Waals surface area contributed by atoms with Crippen LogP contribution in [-0.4, -0.2) is 69.0 Å². The molecule has 1 heterocycles. The SMILES string of the molecule is O=S(=O)(O)O.OC[C@H]1O[CH][C@H](O)[C@@H](O)[C@@H]1O. The number of aliphatic hydroxyl groups is 4. The molecule has 0 aromatic carbocycles. The molecule has 97 valence electrons. The van der Waals surface area contributed by atoms with Gasteiger partial charge in [-0.15, -0.1) is 0 Å². The number of hydrogen-bond donors (Lipinski definition) is 6. The molecule has 0 saturated carbocycles. The van der Waals surface area contributed by atoms with Gasteiger partial charge in [-0.05, 0) is 0 Å². The topological polar surface area (TPSA) is 165 Å². The summed E-state index contributed by atoms with van der Waals surface area (Å²) in [4.78, 5) is 0. The van der Waals surface area contributed by atoms with Crippen LogP contribution in [0.5, 0.6) is 0 Å². The van der Waals surface area contributed by atoms with Crippen molar-refractivity contribution in [1.82, 2.24) is 0 Å². The zero-order valence-electron chi connectivity index (χ0n) is 7.91. The minimum absolute atomic E-state index is 0.387. The highest BCUT2D eigenvalue weighted by Gasteiger charge is 2.37. The Hall–Kier alpha value is -0.330. The fourth-order valence-electron chi connectivity index (χ4n) is 0.915. The Morgan fingerprint density at radius 1 is 1.12 bits per heavy atom. The van der Waals surface area contributed by atoms with Crippen molar-refractivity contribution in [3.8, 4) is 0 Å². The fourth-order valence-corrected chi connectivity index (χ4v) is 0.915. The van der Waals surface area contributed by atoms with Crippen molar-refractivity contribution in [3.63, 3.8) is 0 Å². The molecule has 6 N–H and O–H groups in total. The number of rotatable bonds is 1. The third kappa shape index (κ3) is 6.30. The van der Waals surface area contributed by atoms with Gasteiger partial charge >= 0.3 is 10.4 Å². The van der Waals surface area contributed by atoms with E-state index in [9.17, 15) is 0 Å². The first-order valence-corrected chi connectivity index (χ1v) is 5.40. The van der Waals surface area contributed by atoms with Crippen molar-refractivity contribution >= 4 is 10.4 Å². The van der Waals surface area contributed by atoms with Gasteiger partial charge in [0.25, 0.3) is 0 Å². The first-order valence-electron chi connectivity index (χ1n) is 4.00. The molecule has 0 amide bonds.